The Labute approximate surface area is 426 Å². The van der Waals surface area contributed by atoms with E-state index in [9.17, 15) is 111 Å². The number of hydrogen-bond acceptors (Lipinski definition) is 31. The maximum absolute atomic E-state index is 13.8. The molecule has 0 amide bonds. The van der Waals surface area contributed by atoms with Gasteiger partial charge in [-0.1, -0.05) is 0 Å². The number of aliphatic hydroxyl groups excluding tert-OH is 20. The summed E-state index contributed by atoms with van der Waals surface area (Å²) in [4.78, 5) is 6.34. The largest absolute Gasteiger partial charge is 0.394 e. The van der Waals surface area contributed by atoms with Crippen molar-refractivity contribution in [2.24, 2.45) is 0 Å². The number of hydrogen-bond donors (Lipinski definition) is 21. The van der Waals surface area contributed by atoms with Crippen molar-refractivity contribution in [1.82, 2.24) is 9.97 Å². The van der Waals surface area contributed by atoms with E-state index in [1.807, 2.05) is 0 Å². The standard InChI is InChI=1S/C42H64F2N2O30/c43-9-1-11-12(2-10(9)44)46-37(45-11)26(61)21(56)32(13(53)3-47)72-39-28(63)22(57)34(15(5-49)68-39)74-41-30(65)24(59)36(17(7-51)70-41)76-42-31(66)25(60)35(18(8-52)71-42)75-40-29(64)23(58)33(16(6-50)69-40)73-38-27(62)20(55)19(54)14(4-48)67-38/h1-2,13-36,38-42,47-66H,3-8H2,(H,45,46)/t13?,14?,15?,16?,17?,18?,19-,20?,21-,22?,23?,24?,25?,26?,27+,28+,29+,30+,31+,32-,33-,34-,35-,36-,38-,39-,40-,41-,42-/m1/s1. The molecule has 5 aliphatic heterocycles. The summed E-state index contributed by atoms with van der Waals surface area (Å²) in [5.74, 6) is -3.06. The number of H-pyrrole nitrogens is 1. The van der Waals surface area contributed by atoms with E-state index in [0.29, 0.717) is 12.1 Å². The van der Waals surface area contributed by atoms with Crippen LogP contribution in [0.2, 0.25) is 0 Å². The zero-order chi connectivity index (χ0) is 55.8. The van der Waals surface area contributed by atoms with Crippen molar-refractivity contribution < 1.29 is 158 Å². The molecule has 29 atom stereocenters. The van der Waals surface area contributed by atoms with Crippen molar-refractivity contribution in [3.8, 4) is 0 Å². The van der Waals surface area contributed by atoms with Gasteiger partial charge >= 0.3 is 0 Å². The average molecular weight is 1110 g/mol. The predicted molar refractivity (Wildman–Crippen MR) is 229 cm³/mol. The van der Waals surface area contributed by atoms with Gasteiger partial charge in [-0.05, 0) is 0 Å². The van der Waals surface area contributed by atoms with Crippen molar-refractivity contribution >= 4 is 11.0 Å². The summed E-state index contributed by atoms with van der Waals surface area (Å²) < 4.78 is 83.2. The van der Waals surface area contributed by atoms with Gasteiger partial charge in [0.2, 0.25) is 0 Å². The number of aromatic nitrogens is 2. The molecule has 7 rings (SSSR count). The van der Waals surface area contributed by atoms with Gasteiger partial charge in [0, 0.05) is 12.1 Å². The number of rotatable bonds is 20. The van der Waals surface area contributed by atoms with Crippen LogP contribution in [0.1, 0.15) is 11.9 Å². The summed E-state index contributed by atoms with van der Waals surface area (Å²) in [6.45, 7) is -6.17. The smallest absolute Gasteiger partial charge is 0.187 e. The fourth-order valence-electron chi connectivity index (χ4n) is 9.30. The highest BCUT2D eigenvalue weighted by Gasteiger charge is 2.57. The van der Waals surface area contributed by atoms with Crippen LogP contribution in [-0.4, -0.2) is 324 Å². The van der Waals surface area contributed by atoms with Gasteiger partial charge in [-0.25, -0.2) is 13.8 Å². The van der Waals surface area contributed by atoms with Gasteiger partial charge in [-0.15, -0.1) is 0 Å². The number of aliphatic hydroxyl groups is 20. The summed E-state index contributed by atoms with van der Waals surface area (Å²) in [6.07, 6.45) is -57.7. The average Bonchev–Trinajstić information content (AvgIpc) is 3.82. The van der Waals surface area contributed by atoms with Gasteiger partial charge in [0.1, 0.15) is 152 Å². The van der Waals surface area contributed by atoms with Crippen molar-refractivity contribution in [3.05, 3.63) is 29.6 Å². The van der Waals surface area contributed by atoms with Crippen LogP contribution in [-0.2, 0) is 47.4 Å². The molecule has 436 valence electrons. The first kappa shape index (κ1) is 61.0. The summed E-state index contributed by atoms with van der Waals surface area (Å²) in [6, 6.07) is 1.39. The molecule has 32 nitrogen and oxygen atoms in total. The monoisotopic (exact) mass is 1110 g/mol. The minimum Gasteiger partial charge on any atom is -0.394 e. The first-order valence-electron chi connectivity index (χ1n) is 23.6. The van der Waals surface area contributed by atoms with Gasteiger partial charge in [-0.2, -0.15) is 0 Å². The maximum Gasteiger partial charge on any atom is 0.187 e. The molecule has 1 aromatic carbocycles. The molecule has 76 heavy (non-hydrogen) atoms. The molecule has 0 aliphatic carbocycles. The van der Waals surface area contributed by atoms with E-state index in [2.05, 4.69) is 9.97 Å². The molecule has 0 spiro atoms. The number of aromatic amines is 1. The number of imidazole rings is 1. The second-order valence-corrected chi connectivity index (χ2v) is 18.6. The van der Waals surface area contributed by atoms with E-state index in [-0.39, 0.29) is 11.0 Å². The molecule has 1 aromatic heterocycles. The Balaban J connectivity index is 0.966. The van der Waals surface area contributed by atoms with E-state index in [1.54, 1.807) is 0 Å². The molecular formula is C42H64F2N2O30. The summed E-state index contributed by atoms with van der Waals surface area (Å²) in [5, 5.41) is 213. The Morgan fingerprint density at radius 2 is 0.803 bits per heavy atom. The second-order valence-electron chi connectivity index (χ2n) is 18.6. The molecule has 0 bridgehead atoms. The number of halogens is 2. The highest BCUT2D eigenvalue weighted by atomic mass is 19.2. The van der Waals surface area contributed by atoms with Gasteiger partial charge in [0.15, 0.2) is 43.1 Å². The molecule has 21 N–H and O–H groups in total. The van der Waals surface area contributed by atoms with Crippen molar-refractivity contribution in [2.75, 3.05) is 39.6 Å². The predicted octanol–water partition coefficient (Wildman–Crippen LogP) is -11.9. The Bertz CT molecular complexity index is 2100. The second kappa shape index (κ2) is 25.9. The van der Waals surface area contributed by atoms with Crippen molar-refractivity contribution in [2.45, 2.75) is 178 Å². The van der Waals surface area contributed by atoms with Crippen LogP contribution in [0.5, 0.6) is 0 Å². The lowest BCUT2D eigenvalue weighted by Gasteiger charge is -2.49. The minimum atomic E-state index is -2.27. The molecule has 6 heterocycles. The molecule has 34 heteroatoms. The SMILES string of the molecule is OCC1O[C@H](O[C@@H]2C(CO)O[C@H](O[C@@H]3C(CO)O[C@H](O[C@@H]4C(CO)O[C@H](O[C@@H]5C(CO)O[C@H](O[C@H](C(O)CO)[C@H](O)C(O)c6nc7cc(F)c(F)cc7[nH]6)[C@@H](O)C5O)[C@@H](O)C4O)[C@@H](O)C3O)[C@@H](O)C2O)[C@@H](O)C(O)[C@@H]1O. The number of fused-ring (bicyclic) bond motifs is 1. The number of benzene rings is 1. The van der Waals surface area contributed by atoms with Gasteiger partial charge < -0.3 is 154 Å². The third-order valence-electron chi connectivity index (χ3n) is 13.6. The van der Waals surface area contributed by atoms with E-state index in [4.69, 9.17) is 47.4 Å². The van der Waals surface area contributed by atoms with Crippen molar-refractivity contribution in [1.29, 1.82) is 0 Å². The summed E-state index contributed by atoms with van der Waals surface area (Å²) in [7, 11) is 0. The lowest BCUT2D eigenvalue weighted by atomic mass is 9.95. The first-order chi connectivity index (χ1) is 36.0. The number of nitrogens with zero attached hydrogens (tertiary/aromatic N) is 1. The molecule has 5 fully saturated rings. The van der Waals surface area contributed by atoms with E-state index < -0.39 is 235 Å². The van der Waals surface area contributed by atoms with Gasteiger partial charge in [0.05, 0.1) is 50.7 Å². The third-order valence-corrected chi connectivity index (χ3v) is 13.6. The van der Waals surface area contributed by atoms with Crippen LogP contribution in [0.3, 0.4) is 0 Å². The Morgan fingerprint density at radius 3 is 1.18 bits per heavy atom. The van der Waals surface area contributed by atoms with Gasteiger partial charge in [-0.3, -0.25) is 0 Å². The maximum atomic E-state index is 13.8. The van der Waals surface area contributed by atoms with Crippen molar-refractivity contribution in [3.63, 3.8) is 0 Å². The lowest BCUT2D eigenvalue weighted by molar-refractivity contribution is -0.394. The Hall–Kier alpha value is -2.65. The van der Waals surface area contributed by atoms with Crippen LogP contribution < -0.4 is 0 Å². The highest BCUT2D eigenvalue weighted by Crippen LogP contribution is 2.37. The van der Waals surface area contributed by atoms with E-state index in [0.717, 1.165) is 0 Å². The quantitative estimate of drug-likeness (QED) is 0.0585. The number of nitrogens with one attached hydrogen (secondary N) is 1. The Morgan fingerprint density at radius 1 is 0.461 bits per heavy atom. The zero-order valence-electron chi connectivity index (χ0n) is 39.4. The van der Waals surface area contributed by atoms with Gasteiger partial charge in [0.25, 0.3) is 0 Å². The van der Waals surface area contributed by atoms with Crippen LogP contribution in [0.4, 0.5) is 8.78 Å². The molecule has 2 aromatic rings. The Kier molecular flexibility index (Phi) is 20.7. The molecule has 0 radical (unpaired) electrons. The molecule has 0 saturated carbocycles. The normalized spacial score (nSPS) is 44.2. The first-order valence-corrected chi connectivity index (χ1v) is 23.6. The fraction of sp³-hybridized carbons (Fsp3) is 0.833. The third kappa shape index (κ3) is 12.3. The van der Waals surface area contributed by atoms with E-state index in [1.165, 1.54) is 0 Å². The molecule has 5 aliphatic rings. The van der Waals surface area contributed by atoms with Crippen LogP contribution in [0.25, 0.3) is 11.0 Å². The molecule has 5 saturated heterocycles. The van der Waals surface area contributed by atoms with E-state index >= 15 is 0 Å². The lowest BCUT2D eigenvalue weighted by Crippen LogP contribution is -2.68. The summed E-state index contributed by atoms with van der Waals surface area (Å²) in [5.41, 5.74) is -0.300. The highest BCUT2D eigenvalue weighted by molar-refractivity contribution is 5.75. The fourth-order valence-corrected chi connectivity index (χ4v) is 9.30. The number of ether oxygens (including phenoxy) is 10. The molecular weight excluding hydrogens is 1050 g/mol. The summed E-state index contributed by atoms with van der Waals surface area (Å²) >= 11 is 0. The zero-order valence-corrected chi connectivity index (χ0v) is 39.4. The van der Waals surface area contributed by atoms with Crippen LogP contribution in [0, 0.1) is 11.6 Å². The molecule has 12 unspecified atom stereocenters. The van der Waals surface area contributed by atoms with Crippen LogP contribution in [0.15, 0.2) is 12.1 Å². The van der Waals surface area contributed by atoms with Crippen LogP contribution >= 0.6 is 0 Å². The minimum absolute atomic E-state index is 0.115. The topological polar surface area (TPSA) is 526 Å².